The van der Waals surface area contributed by atoms with Gasteiger partial charge in [-0.25, -0.2) is 8.78 Å². The van der Waals surface area contributed by atoms with Gasteiger partial charge in [-0.05, 0) is 44.5 Å². The summed E-state index contributed by atoms with van der Waals surface area (Å²) >= 11 is 0. The van der Waals surface area contributed by atoms with Crippen molar-refractivity contribution in [2.24, 2.45) is 5.92 Å². The first-order valence-electron chi connectivity index (χ1n) is 6.91. The predicted octanol–water partition coefficient (Wildman–Crippen LogP) is 3.06. The molecular formula is C15H22F2N2. The molecule has 1 aromatic rings. The van der Waals surface area contributed by atoms with Crippen LogP contribution in [0.25, 0.3) is 0 Å². The Bertz CT molecular complexity index is 372. The molecule has 1 unspecified atom stereocenters. The molecule has 0 aliphatic carbocycles. The van der Waals surface area contributed by atoms with Gasteiger partial charge in [0, 0.05) is 18.7 Å². The second-order valence-electron chi connectivity index (χ2n) is 5.45. The lowest BCUT2D eigenvalue weighted by Gasteiger charge is -2.27. The average Bonchev–Trinajstić information content (AvgIpc) is 2.40. The third-order valence-corrected chi connectivity index (χ3v) is 3.65. The molecule has 2 nitrogen and oxygen atoms in total. The van der Waals surface area contributed by atoms with E-state index in [2.05, 4.69) is 17.3 Å². The molecule has 2 rings (SSSR count). The zero-order valence-electron chi connectivity index (χ0n) is 11.4. The molecule has 0 amide bonds. The van der Waals surface area contributed by atoms with E-state index in [1.165, 1.54) is 25.0 Å². The van der Waals surface area contributed by atoms with Crippen LogP contribution in [0.1, 0.15) is 30.4 Å². The fraction of sp³-hybridized carbons (Fsp3) is 0.600. The van der Waals surface area contributed by atoms with Gasteiger partial charge in [0.25, 0.3) is 6.43 Å². The van der Waals surface area contributed by atoms with E-state index in [1.807, 2.05) is 0 Å². The number of nitrogens with one attached hydrogen (secondary N) is 1. The SMILES string of the molecule is CN(Cc1ccc(C(F)F)cc1)CC1CCCNC1. The van der Waals surface area contributed by atoms with Crippen LogP contribution in [0, 0.1) is 5.92 Å². The van der Waals surface area contributed by atoms with Crippen LogP contribution in [0.3, 0.4) is 0 Å². The van der Waals surface area contributed by atoms with E-state index in [0.717, 1.165) is 31.7 Å². The van der Waals surface area contributed by atoms with Gasteiger partial charge in [-0.15, -0.1) is 0 Å². The number of alkyl halides is 2. The van der Waals surface area contributed by atoms with Gasteiger partial charge in [0.15, 0.2) is 0 Å². The van der Waals surface area contributed by atoms with E-state index in [1.54, 1.807) is 12.1 Å². The molecule has 1 saturated heterocycles. The Balaban J connectivity index is 1.82. The van der Waals surface area contributed by atoms with Crippen molar-refractivity contribution in [3.05, 3.63) is 35.4 Å². The maximum absolute atomic E-state index is 12.5. The maximum Gasteiger partial charge on any atom is 0.263 e. The summed E-state index contributed by atoms with van der Waals surface area (Å²) in [7, 11) is 2.09. The molecule has 0 bridgehead atoms. The Morgan fingerprint density at radius 1 is 1.32 bits per heavy atom. The Morgan fingerprint density at radius 3 is 2.63 bits per heavy atom. The van der Waals surface area contributed by atoms with Gasteiger partial charge in [-0.1, -0.05) is 24.3 Å². The number of halogens is 2. The normalized spacial score (nSPS) is 20.2. The quantitative estimate of drug-likeness (QED) is 0.883. The molecular weight excluding hydrogens is 246 g/mol. The Labute approximate surface area is 113 Å². The minimum Gasteiger partial charge on any atom is -0.316 e. The highest BCUT2D eigenvalue weighted by atomic mass is 19.3. The molecule has 1 N–H and O–H groups in total. The summed E-state index contributed by atoms with van der Waals surface area (Å²) in [5.74, 6) is 0.707. The van der Waals surface area contributed by atoms with Crippen molar-refractivity contribution in [2.45, 2.75) is 25.8 Å². The second kappa shape index (κ2) is 6.96. The number of rotatable bonds is 5. The monoisotopic (exact) mass is 268 g/mol. The highest BCUT2D eigenvalue weighted by molar-refractivity contribution is 5.23. The molecule has 1 atom stereocenters. The van der Waals surface area contributed by atoms with Crippen molar-refractivity contribution in [2.75, 3.05) is 26.7 Å². The zero-order chi connectivity index (χ0) is 13.7. The first kappa shape index (κ1) is 14.4. The largest absolute Gasteiger partial charge is 0.316 e. The van der Waals surface area contributed by atoms with E-state index < -0.39 is 6.43 Å². The zero-order valence-corrected chi connectivity index (χ0v) is 11.4. The molecule has 0 radical (unpaired) electrons. The van der Waals surface area contributed by atoms with E-state index in [0.29, 0.717) is 5.92 Å². The number of piperidine rings is 1. The molecule has 1 aromatic carbocycles. The molecule has 0 spiro atoms. The van der Waals surface area contributed by atoms with Gasteiger partial charge in [0.1, 0.15) is 0 Å². The van der Waals surface area contributed by atoms with Crippen LogP contribution in [0.2, 0.25) is 0 Å². The first-order chi connectivity index (χ1) is 9.15. The molecule has 19 heavy (non-hydrogen) atoms. The highest BCUT2D eigenvalue weighted by Gasteiger charge is 2.15. The van der Waals surface area contributed by atoms with Crippen molar-refractivity contribution >= 4 is 0 Å². The Morgan fingerprint density at radius 2 is 2.05 bits per heavy atom. The highest BCUT2D eigenvalue weighted by Crippen LogP contribution is 2.19. The van der Waals surface area contributed by atoms with E-state index >= 15 is 0 Å². The standard InChI is InChI=1S/C15H22F2N2/c1-19(11-13-3-2-8-18-9-13)10-12-4-6-14(7-5-12)15(16)17/h4-7,13,15,18H,2-3,8-11H2,1H3. The van der Waals surface area contributed by atoms with Crippen LogP contribution >= 0.6 is 0 Å². The van der Waals surface area contributed by atoms with Crippen LogP contribution in [0.15, 0.2) is 24.3 Å². The lowest BCUT2D eigenvalue weighted by molar-refractivity contribution is 0.151. The fourth-order valence-electron chi connectivity index (χ4n) is 2.67. The first-order valence-corrected chi connectivity index (χ1v) is 6.91. The maximum atomic E-state index is 12.5. The summed E-state index contributed by atoms with van der Waals surface area (Å²) in [6, 6.07) is 6.65. The van der Waals surface area contributed by atoms with E-state index in [9.17, 15) is 8.78 Å². The summed E-state index contributed by atoms with van der Waals surface area (Å²) in [6.07, 6.45) is 0.156. The topological polar surface area (TPSA) is 15.3 Å². The lowest BCUT2D eigenvalue weighted by Crippen LogP contribution is -2.36. The van der Waals surface area contributed by atoms with Crippen LogP contribution < -0.4 is 5.32 Å². The van der Waals surface area contributed by atoms with Crippen molar-refractivity contribution in [1.82, 2.24) is 10.2 Å². The number of hydrogen-bond donors (Lipinski definition) is 1. The summed E-state index contributed by atoms with van der Waals surface area (Å²) in [5, 5.41) is 3.41. The molecule has 0 saturated carbocycles. The predicted molar refractivity (Wildman–Crippen MR) is 73.3 cm³/mol. The van der Waals surface area contributed by atoms with Gasteiger partial charge in [-0.2, -0.15) is 0 Å². The average molecular weight is 268 g/mol. The molecule has 106 valence electrons. The van der Waals surface area contributed by atoms with Gasteiger partial charge >= 0.3 is 0 Å². The van der Waals surface area contributed by atoms with Crippen LogP contribution in [-0.4, -0.2) is 31.6 Å². The van der Waals surface area contributed by atoms with E-state index in [-0.39, 0.29) is 5.56 Å². The van der Waals surface area contributed by atoms with Crippen molar-refractivity contribution in [3.63, 3.8) is 0 Å². The van der Waals surface area contributed by atoms with Gasteiger partial charge in [-0.3, -0.25) is 0 Å². The van der Waals surface area contributed by atoms with Gasteiger partial charge in [0.2, 0.25) is 0 Å². The number of nitrogens with zero attached hydrogens (tertiary/aromatic N) is 1. The summed E-state index contributed by atoms with van der Waals surface area (Å²) < 4.78 is 24.9. The minimum absolute atomic E-state index is 0.0999. The van der Waals surface area contributed by atoms with Crippen LogP contribution in [0.4, 0.5) is 8.78 Å². The summed E-state index contributed by atoms with van der Waals surface area (Å²) in [6.45, 7) is 4.10. The molecule has 0 aromatic heterocycles. The molecule has 1 fully saturated rings. The molecule has 4 heteroatoms. The molecule has 1 aliphatic heterocycles. The van der Waals surface area contributed by atoms with Gasteiger partial charge < -0.3 is 10.2 Å². The lowest BCUT2D eigenvalue weighted by atomic mass is 9.99. The molecule has 1 heterocycles. The smallest absolute Gasteiger partial charge is 0.263 e. The van der Waals surface area contributed by atoms with Gasteiger partial charge in [0.05, 0.1) is 0 Å². The van der Waals surface area contributed by atoms with Crippen molar-refractivity contribution in [3.8, 4) is 0 Å². The van der Waals surface area contributed by atoms with Crippen LogP contribution in [-0.2, 0) is 6.54 Å². The van der Waals surface area contributed by atoms with Crippen molar-refractivity contribution in [1.29, 1.82) is 0 Å². The Kier molecular flexibility index (Phi) is 5.28. The van der Waals surface area contributed by atoms with Crippen molar-refractivity contribution < 1.29 is 8.78 Å². The second-order valence-corrected chi connectivity index (χ2v) is 5.45. The Hall–Kier alpha value is -1.00. The third kappa shape index (κ3) is 4.55. The fourth-order valence-corrected chi connectivity index (χ4v) is 2.67. The summed E-state index contributed by atoms with van der Waals surface area (Å²) in [4.78, 5) is 2.27. The summed E-state index contributed by atoms with van der Waals surface area (Å²) in [5.41, 5.74) is 1.19. The third-order valence-electron chi connectivity index (χ3n) is 3.65. The number of hydrogen-bond acceptors (Lipinski definition) is 2. The minimum atomic E-state index is -2.37. The van der Waals surface area contributed by atoms with Crippen LogP contribution in [0.5, 0.6) is 0 Å². The molecule has 1 aliphatic rings. The van der Waals surface area contributed by atoms with E-state index in [4.69, 9.17) is 0 Å². The number of benzene rings is 1.